The molecule has 11 heteroatoms. The minimum absolute atomic E-state index is 0.0241. The number of thioether (sulfide) groups is 1. The summed E-state index contributed by atoms with van der Waals surface area (Å²) in [5.41, 5.74) is 1.92. The summed E-state index contributed by atoms with van der Waals surface area (Å²) in [6.07, 6.45) is 1.50. The van der Waals surface area contributed by atoms with Gasteiger partial charge in [-0.15, -0.1) is 0 Å². The molecule has 2 fully saturated rings. The quantitative estimate of drug-likeness (QED) is 0.195. The van der Waals surface area contributed by atoms with E-state index in [1.54, 1.807) is 17.9 Å². The lowest BCUT2D eigenvalue weighted by Gasteiger charge is -2.40. The van der Waals surface area contributed by atoms with Gasteiger partial charge in [0.2, 0.25) is 5.91 Å². The number of esters is 1. The average Bonchev–Trinajstić information content (AvgIpc) is 2.95. The lowest BCUT2D eigenvalue weighted by Crippen LogP contribution is -2.54. The second-order valence-corrected chi connectivity index (χ2v) is 13.0. The highest BCUT2D eigenvalue weighted by Crippen LogP contribution is 2.27. The summed E-state index contributed by atoms with van der Waals surface area (Å²) < 4.78 is 5.14. The Hall–Kier alpha value is -2.85. The van der Waals surface area contributed by atoms with Crippen molar-refractivity contribution < 1.29 is 19.1 Å². The van der Waals surface area contributed by atoms with Gasteiger partial charge in [0.1, 0.15) is 11.0 Å². The van der Waals surface area contributed by atoms with Crippen molar-refractivity contribution in [1.29, 1.82) is 0 Å². The van der Waals surface area contributed by atoms with Gasteiger partial charge in [-0.25, -0.2) is 9.97 Å². The SMILES string of the molecule is CCOC(=O)C1CCCN(C(=O)CSc2nc(Cl)cc(N3CCN(C(=O)c4ccc(C(C)(C)C)cc4)C(C)C3)n2)C1. The van der Waals surface area contributed by atoms with Crippen LogP contribution in [0.1, 0.15) is 63.4 Å². The third-order valence-electron chi connectivity index (χ3n) is 7.59. The second-order valence-electron chi connectivity index (χ2n) is 11.7. The number of aromatic nitrogens is 2. The molecule has 0 saturated carbocycles. The first-order chi connectivity index (χ1) is 19.5. The van der Waals surface area contributed by atoms with Crippen LogP contribution in [0.3, 0.4) is 0 Å². The van der Waals surface area contributed by atoms with Crippen molar-refractivity contribution >= 4 is 47.0 Å². The fourth-order valence-electron chi connectivity index (χ4n) is 5.23. The zero-order chi connectivity index (χ0) is 29.7. The summed E-state index contributed by atoms with van der Waals surface area (Å²) in [5.74, 6) is 0.273. The van der Waals surface area contributed by atoms with Crippen LogP contribution in [0.4, 0.5) is 5.82 Å². The van der Waals surface area contributed by atoms with Gasteiger partial charge in [0, 0.05) is 50.4 Å². The van der Waals surface area contributed by atoms with E-state index in [9.17, 15) is 14.4 Å². The van der Waals surface area contributed by atoms with Crippen LogP contribution in [0, 0.1) is 5.92 Å². The number of piperazine rings is 1. The largest absolute Gasteiger partial charge is 0.466 e. The fourth-order valence-corrected chi connectivity index (χ4v) is 6.22. The van der Waals surface area contributed by atoms with Gasteiger partial charge in [-0.1, -0.05) is 56.3 Å². The normalized spacial score (nSPS) is 19.7. The molecule has 2 unspecified atom stereocenters. The van der Waals surface area contributed by atoms with Crippen molar-refractivity contribution in [2.45, 2.75) is 64.1 Å². The minimum atomic E-state index is -0.276. The molecular weight excluding hydrogens is 562 g/mol. The van der Waals surface area contributed by atoms with Crippen LogP contribution in [-0.4, -0.2) is 88.7 Å². The maximum Gasteiger partial charge on any atom is 0.310 e. The Balaban J connectivity index is 1.35. The minimum Gasteiger partial charge on any atom is -0.466 e. The van der Waals surface area contributed by atoms with Gasteiger partial charge in [0.25, 0.3) is 5.91 Å². The summed E-state index contributed by atoms with van der Waals surface area (Å²) in [6.45, 7) is 13.4. The standard InChI is InChI=1S/C30H40ClN5O4S/c1-6-40-28(39)22-8-7-13-35(18-22)26(37)19-41-29-32-24(31)16-25(33-29)34-14-15-36(20(2)17-34)27(38)21-9-11-23(12-10-21)30(3,4)5/h9-12,16,20,22H,6-8,13-15,17-19H2,1-5H3. The number of nitrogens with zero attached hydrogens (tertiary/aromatic N) is 5. The molecule has 2 atom stereocenters. The summed E-state index contributed by atoms with van der Waals surface area (Å²) >= 11 is 7.59. The molecule has 9 nitrogen and oxygen atoms in total. The van der Waals surface area contributed by atoms with Gasteiger partial charge in [0.05, 0.1) is 18.3 Å². The van der Waals surface area contributed by atoms with Gasteiger partial charge in [-0.3, -0.25) is 14.4 Å². The maximum atomic E-state index is 13.3. The van der Waals surface area contributed by atoms with Crippen LogP contribution < -0.4 is 4.90 Å². The highest BCUT2D eigenvalue weighted by Gasteiger charge is 2.31. The molecule has 222 valence electrons. The predicted octanol–water partition coefficient (Wildman–Crippen LogP) is 4.67. The lowest BCUT2D eigenvalue weighted by atomic mass is 9.86. The Morgan fingerprint density at radius 3 is 2.46 bits per heavy atom. The number of rotatable bonds is 7. The molecule has 0 spiro atoms. The average molecular weight is 602 g/mol. The number of hydrogen-bond acceptors (Lipinski definition) is 8. The molecule has 2 amide bonds. The topological polar surface area (TPSA) is 95.9 Å². The van der Waals surface area contributed by atoms with Crippen LogP contribution in [0.2, 0.25) is 5.15 Å². The number of anilines is 1. The number of piperidine rings is 1. The van der Waals surface area contributed by atoms with E-state index in [1.807, 2.05) is 36.1 Å². The van der Waals surface area contributed by atoms with Crippen LogP contribution in [-0.2, 0) is 19.7 Å². The van der Waals surface area contributed by atoms with Crippen LogP contribution >= 0.6 is 23.4 Å². The zero-order valence-electron chi connectivity index (χ0n) is 24.6. The summed E-state index contributed by atoms with van der Waals surface area (Å²) in [6, 6.07) is 9.58. The van der Waals surface area contributed by atoms with Crippen molar-refractivity contribution in [1.82, 2.24) is 19.8 Å². The van der Waals surface area contributed by atoms with E-state index in [4.69, 9.17) is 16.3 Å². The van der Waals surface area contributed by atoms with Crippen LogP contribution in [0.25, 0.3) is 0 Å². The first-order valence-electron chi connectivity index (χ1n) is 14.2. The van der Waals surface area contributed by atoms with Crippen LogP contribution in [0.5, 0.6) is 0 Å². The molecular formula is C30H40ClN5O4S. The molecule has 3 heterocycles. The van der Waals surface area contributed by atoms with Gasteiger partial charge in [0.15, 0.2) is 5.16 Å². The molecule has 2 aromatic rings. The molecule has 0 radical (unpaired) electrons. The Morgan fingerprint density at radius 1 is 1.07 bits per heavy atom. The van der Waals surface area contributed by atoms with Crippen molar-refractivity contribution in [2.24, 2.45) is 5.92 Å². The molecule has 0 bridgehead atoms. The number of likely N-dealkylation sites (tertiary alicyclic amines) is 1. The highest BCUT2D eigenvalue weighted by atomic mass is 35.5. The molecule has 2 aliphatic rings. The number of amides is 2. The van der Waals surface area contributed by atoms with Gasteiger partial charge in [-0.05, 0) is 49.8 Å². The van der Waals surface area contributed by atoms with E-state index >= 15 is 0 Å². The maximum absolute atomic E-state index is 13.3. The van der Waals surface area contributed by atoms with E-state index in [-0.39, 0.29) is 40.9 Å². The summed E-state index contributed by atoms with van der Waals surface area (Å²) in [7, 11) is 0. The molecule has 41 heavy (non-hydrogen) atoms. The predicted molar refractivity (Wildman–Crippen MR) is 162 cm³/mol. The second kappa shape index (κ2) is 13.4. The molecule has 2 saturated heterocycles. The first-order valence-corrected chi connectivity index (χ1v) is 15.6. The number of halogens is 1. The summed E-state index contributed by atoms with van der Waals surface area (Å²) in [5, 5.41) is 0.722. The molecule has 0 aliphatic carbocycles. The number of ether oxygens (including phenoxy) is 1. The Morgan fingerprint density at radius 2 is 1.80 bits per heavy atom. The van der Waals surface area contributed by atoms with Gasteiger partial charge < -0.3 is 19.4 Å². The molecule has 0 N–H and O–H groups in total. The summed E-state index contributed by atoms with van der Waals surface area (Å²) in [4.78, 5) is 53.1. The van der Waals surface area contributed by atoms with Crippen molar-refractivity contribution in [2.75, 3.05) is 50.0 Å². The van der Waals surface area contributed by atoms with Crippen LogP contribution in [0.15, 0.2) is 35.5 Å². The van der Waals surface area contributed by atoms with Crippen molar-refractivity contribution in [3.63, 3.8) is 0 Å². The molecule has 2 aliphatic heterocycles. The molecule has 4 rings (SSSR count). The van der Waals surface area contributed by atoms with E-state index in [1.165, 1.54) is 17.3 Å². The van der Waals surface area contributed by atoms with Gasteiger partial charge in [-0.2, -0.15) is 0 Å². The monoisotopic (exact) mass is 601 g/mol. The number of benzene rings is 1. The Bertz CT molecular complexity index is 1250. The number of hydrogen-bond donors (Lipinski definition) is 0. The lowest BCUT2D eigenvalue weighted by molar-refractivity contribution is -0.151. The first kappa shape index (κ1) is 31.1. The Kier molecular flexibility index (Phi) is 10.2. The van der Waals surface area contributed by atoms with E-state index in [2.05, 4.69) is 35.6 Å². The third-order valence-corrected chi connectivity index (χ3v) is 8.62. The zero-order valence-corrected chi connectivity index (χ0v) is 26.1. The molecule has 1 aromatic heterocycles. The fraction of sp³-hybridized carbons (Fsp3) is 0.567. The highest BCUT2D eigenvalue weighted by molar-refractivity contribution is 7.99. The number of carbonyl (C=O) groups excluding carboxylic acids is 3. The van der Waals surface area contributed by atoms with Crippen molar-refractivity contribution in [3.8, 4) is 0 Å². The third kappa shape index (κ3) is 7.92. The van der Waals surface area contributed by atoms with E-state index in [0.29, 0.717) is 61.0 Å². The Labute approximate surface area is 252 Å². The van der Waals surface area contributed by atoms with Crippen molar-refractivity contribution in [3.05, 3.63) is 46.6 Å². The molecule has 1 aromatic carbocycles. The van der Waals surface area contributed by atoms with Gasteiger partial charge >= 0.3 is 5.97 Å². The smallest absolute Gasteiger partial charge is 0.310 e. The number of carbonyl (C=O) groups is 3. The van der Waals surface area contributed by atoms with E-state index in [0.717, 1.165) is 12.8 Å². The van der Waals surface area contributed by atoms with E-state index < -0.39 is 0 Å².